The first-order chi connectivity index (χ1) is 9.70. The van der Waals surface area contributed by atoms with E-state index in [0.717, 1.165) is 24.8 Å². The minimum absolute atomic E-state index is 0.0107. The molecule has 1 N–H and O–H groups in total. The number of carbonyl (C=O) groups is 1. The van der Waals surface area contributed by atoms with Gasteiger partial charge in [0.1, 0.15) is 0 Å². The number of rotatable bonds is 6. The van der Waals surface area contributed by atoms with Gasteiger partial charge in [-0.05, 0) is 43.9 Å². The molecule has 1 unspecified atom stereocenters. The number of hydrogen-bond donors (Lipinski definition) is 1. The van der Waals surface area contributed by atoms with Gasteiger partial charge in [0.2, 0.25) is 0 Å². The molecule has 0 heterocycles. The van der Waals surface area contributed by atoms with Gasteiger partial charge in [-0.1, -0.05) is 26.3 Å². The third-order valence-corrected chi connectivity index (χ3v) is 4.96. The molecule has 0 aliphatic carbocycles. The van der Waals surface area contributed by atoms with E-state index in [9.17, 15) is 13.2 Å². The first-order valence-electron chi connectivity index (χ1n) is 7.07. The molecule has 0 saturated heterocycles. The molecular formula is C15H22ClNO3S. The van der Waals surface area contributed by atoms with Crippen LogP contribution in [-0.4, -0.2) is 20.4 Å². The Morgan fingerprint density at radius 1 is 1.24 bits per heavy atom. The molecule has 0 aliphatic rings. The lowest BCUT2D eigenvalue weighted by molar-refractivity contribution is 0.0933. The van der Waals surface area contributed by atoms with Gasteiger partial charge in [0.25, 0.3) is 15.0 Å². The maximum absolute atomic E-state index is 12.4. The highest BCUT2D eigenvalue weighted by atomic mass is 35.7. The fourth-order valence-corrected chi connectivity index (χ4v) is 3.53. The summed E-state index contributed by atoms with van der Waals surface area (Å²) < 4.78 is 23.1. The molecule has 0 spiro atoms. The van der Waals surface area contributed by atoms with Crippen LogP contribution in [0, 0.1) is 13.8 Å². The van der Waals surface area contributed by atoms with Crippen LogP contribution in [0.15, 0.2) is 17.0 Å². The SMILES string of the molecule is CCCC(CC)NC(=O)c1cc(S(=O)(=O)Cl)c(C)cc1C. The second kappa shape index (κ2) is 7.27. The molecule has 1 aromatic carbocycles. The first kappa shape index (κ1) is 18.0. The van der Waals surface area contributed by atoms with E-state index in [2.05, 4.69) is 12.2 Å². The van der Waals surface area contributed by atoms with Crippen LogP contribution in [0.4, 0.5) is 0 Å². The van der Waals surface area contributed by atoms with E-state index in [1.807, 2.05) is 6.92 Å². The summed E-state index contributed by atoms with van der Waals surface area (Å²) in [4.78, 5) is 12.3. The van der Waals surface area contributed by atoms with Gasteiger partial charge in [-0.3, -0.25) is 4.79 Å². The van der Waals surface area contributed by atoms with Gasteiger partial charge in [-0.2, -0.15) is 0 Å². The Hall–Kier alpha value is -1.07. The van der Waals surface area contributed by atoms with Crippen molar-refractivity contribution in [1.29, 1.82) is 0 Å². The van der Waals surface area contributed by atoms with Crippen molar-refractivity contribution in [2.75, 3.05) is 0 Å². The molecule has 0 saturated carbocycles. The summed E-state index contributed by atoms with van der Waals surface area (Å²) in [5.41, 5.74) is 1.63. The Bertz CT molecular complexity index is 626. The Labute approximate surface area is 131 Å². The summed E-state index contributed by atoms with van der Waals surface area (Å²) in [6.45, 7) is 7.52. The molecule has 118 valence electrons. The molecular weight excluding hydrogens is 310 g/mol. The van der Waals surface area contributed by atoms with Gasteiger partial charge in [-0.15, -0.1) is 0 Å². The van der Waals surface area contributed by atoms with Crippen molar-refractivity contribution in [2.24, 2.45) is 0 Å². The highest BCUT2D eigenvalue weighted by Gasteiger charge is 2.20. The molecule has 0 radical (unpaired) electrons. The molecule has 1 atom stereocenters. The molecule has 0 aliphatic heterocycles. The van der Waals surface area contributed by atoms with Crippen LogP contribution in [0.3, 0.4) is 0 Å². The van der Waals surface area contributed by atoms with E-state index < -0.39 is 9.05 Å². The van der Waals surface area contributed by atoms with Gasteiger partial charge in [0, 0.05) is 22.3 Å². The van der Waals surface area contributed by atoms with Crippen LogP contribution in [0.2, 0.25) is 0 Å². The van der Waals surface area contributed by atoms with E-state index in [1.165, 1.54) is 6.07 Å². The van der Waals surface area contributed by atoms with E-state index >= 15 is 0 Å². The maximum Gasteiger partial charge on any atom is 0.261 e. The number of hydrogen-bond acceptors (Lipinski definition) is 3. The van der Waals surface area contributed by atoms with Crippen molar-refractivity contribution in [3.63, 3.8) is 0 Å². The molecule has 0 fully saturated rings. The Morgan fingerprint density at radius 2 is 1.86 bits per heavy atom. The molecule has 1 amide bonds. The Balaban J connectivity index is 3.15. The smallest absolute Gasteiger partial charge is 0.261 e. The molecule has 1 aromatic rings. The van der Waals surface area contributed by atoms with Crippen LogP contribution < -0.4 is 5.32 Å². The van der Waals surface area contributed by atoms with Crippen LogP contribution in [-0.2, 0) is 9.05 Å². The molecule has 0 bridgehead atoms. The van der Waals surface area contributed by atoms with E-state index in [1.54, 1.807) is 19.9 Å². The highest BCUT2D eigenvalue weighted by molar-refractivity contribution is 8.13. The van der Waals surface area contributed by atoms with Gasteiger partial charge < -0.3 is 5.32 Å². The average Bonchev–Trinajstić information content (AvgIpc) is 2.36. The first-order valence-corrected chi connectivity index (χ1v) is 9.38. The zero-order chi connectivity index (χ0) is 16.2. The van der Waals surface area contributed by atoms with Gasteiger partial charge in [-0.25, -0.2) is 8.42 Å². The summed E-state index contributed by atoms with van der Waals surface area (Å²) in [6, 6.07) is 3.13. The van der Waals surface area contributed by atoms with Crippen molar-refractivity contribution in [1.82, 2.24) is 5.32 Å². The summed E-state index contributed by atoms with van der Waals surface area (Å²) >= 11 is 0. The van der Waals surface area contributed by atoms with E-state index in [-0.39, 0.29) is 16.8 Å². The van der Waals surface area contributed by atoms with Crippen LogP contribution >= 0.6 is 10.7 Å². The summed E-state index contributed by atoms with van der Waals surface area (Å²) in [6.07, 6.45) is 2.71. The number of benzene rings is 1. The highest BCUT2D eigenvalue weighted by Crippen LogP contribution is 2.23. The molecule has 1 rings (SSSR count). The number of nitrogens with one attached hydrogen (secondary N) is 1. The molecule has 4 nitrogen and oxygen atoms in total. The fraction of sp³-hybridized carbons (Fsp3) is 0.533. The van der Waals surface area contributed by atoms with E-state index in [0.29, 0.717) is 11.1 Å². The second-order valence-electron chi connectivity index (χ2n) is 5.24. The van der Waals surface area contributed by atoms with Crippen LogP contribution in [0.5, 0.6) is 0 Å². The van der Waals surface area contributed by atoms with Crippen molar-refractivity contribution in [2.45, 2.75) is 57.9 Å². The van der Waals surface area contributed by atoms with E-state index in [4.69, 9.17) is 10.7 Å². The average molecular weight is 332 g/mol. The third kappa shape index (κ3) is 4.71. The maximum atomic E-state index is 12.4. The number of aryl methyl sites for hydroxylation is 2. The molecule has 21 heavy (non-hydrogen) atoms. The monoisotopic (exact) mass is 331 g/mol. The van der Waals surface area contributed by atoms with Crippen molar-refractivity contribution in [3.8, 4) is 0 Å². The summed E-state index contributed by atoms with van der Waals surface area (Å²) in [7, 11) is 1.56. The fourth-order valence-electron chi connectivity index (χ4n) is 2.33. The number of carbonyl (C=O) groups excluding carboxylic acids is 1. The largest absolute Gasteiger partial charge is 0.349 e. The number of amides is 1. The van der Waals surface area contributed by atoms with Crippen LogP contribution in [0.1, 0.15) is 54.6 Å². The Kier molecular flexibility index (Phi) is 6.23. The van der Waals surface area contributed by atoms with Crippen molar-refractivity contribution < 1.29 is 13.2 Å². The van der Waals surface area contributed by atoms with Gasteiger partial charge in [0.15, 0.2) is 0 Å². The topological polar surface area (TPSA) is 63.2 Å². The van der Waals surface area contributed by atoms with Crippen molar-refractivity contribution >= 4 is 25.6 Å². The lowest BCUT2D eigenvalue weighted by Gasteiger charge is -2.17. The predicted octanol–water partition coefficient (Wildman–Crippen LogP) is 3.54. The lowest BCUT2D eigenvalue weighted by atomic mass is 10.0. The second-order valence-corrected chi connectivity index (χ2v) is 7.77. The lowest BCUT2D eigenvalue weighted by Crippen LogP contribution is -2.34. The standard InChI is InChI=1S/C15H22ClNO3S/c1-5-7-12(6-2)17-15(18)13-9-14(21(16,19)20)11(4)8-10(13)3/h8-9,12H,5-7H2,1-4H3,(H,17,18). The summed E-state index contributed by atoms with van der Waals surface area (Å²) in [5.74, 6) is -0.255. The summed E-state index contributed by atoms with van der Waals surface area (Å²) in [5, 5.41) is 2.95. The van der Waals surface area contributed by atoms with Crippen LogP contribution in [0.25, 0.3) is 0 Å². The normalized spacial score (nSPS) is 13.0. The zero-order valence-corrected chi connectivity index (χ0v) is 14.4. The Morgan fingerprint density at radius 3 is 2.33 bits per heavy atom. The van der Waals surface area contributed by atoms with Crippen molar-refractivity contribution in [3.05, 3.63) is 28.8 Å². The minimum Gasteiger partial charge on any atom is -0.349 e. The predicted molar refractivity (Wildman–Crippen MR) is 85.4 cm³/mol. The quantitative estimate of drug-likeness (QED) is 0.811. The molecule has 6 heteroatoms. The number of halogens is 1. The zero-order valence-electron chi connectivity index (χ0n) is 12.9. The minimum atomic E-state index is -3.86. The molecule has 0 aromatic heterocycles. The third-order valence-electron chi connectivity index (χ3n) is 3.49. The van der Waals surface area contributed by atoms with Gasteiger partial charge >= 0.3 is 0 Å². The van der Waals surface area contributed by atoms with Gasteiger partial charge in [0.05, 0.1) is 4.90 Å².